The van der Waals surface area contributed by atoms with E-state index < -0.39 is 5.91 Å². The molecule has 0 spiro atoms. The van der Waals surface area contributed by atoms with E-state index in [1.807, 2.05) is 6.92 Å². The van der Waals surface area contributed by atoms with Crippen LogP contribution in [0.5, 0.6) is 5.75 Å². The molecule has 0 atom stereocenters. The number of phenolic OH excluding ortho intramolecular Hbond substituents is 1. The SMILES string of the molecule is CCN1CCN=C1CNC(=O)c1cc(Cl)c(N)cc1O. The number of hydrogen-bond acceptors (Lipinski definition) is 5. The van der Waals surface area contributed by atoms with Crippen LogP contribution in [0.25, 0.3) is 0 Å². The van der Waals surface area contributed by atoms with Crippen molar-refractivity contribution in [3.63, 3.8) is 0 Å². The van der Waals surface area contributed by atoms with Crippen LogP contribution in [0.4, 0.5) is 5.69 Å². The van der Waals surface area contributed by atoms with E-state index in [4.69, 9.17) is 17.3 Å². The van der Waals surface area contributed by atoms with Crippen molar-refractivity contribution < 1.29 is 9.90 Å². The number of anilines is 1. The highest BCUT2D eigenvalue weighted by molar-refractivity contribution is 6.33. The minimum Gasteiger partial charge on any atom is -0.507 e. The van der Waals surface area contributed by atoms with Gasteiger partial charge in [-0.3, -0.25) is 9.79 Å². The first-order valence-electron chi connectivity index (χ1n) is 6.37. The topological polar surface area (TPSA) is 91.0 Å². The number of carbonyl (C=O) groups excluding carboxylic acids is 1. The van der Waals surface area contributed by atoms with Gasteiger partial charge in [-0.25, -0.2) is 0 Å². The number of hydrogen-bond donors (Lipinski definition) is 3. The Hall–Kier alpha value is -1.95. The molecule has 0 aromatic heterocycles. The van der Waals surface area contributed by atoms with E-state index >= 15 is 0 Å². The molecule has 0 radical (unpaired) electrons. The summed E-state index contributed by atoms with van der Waals surface area (Å²) in [6.07, 6.45) is 0. The van der Waals surface area contributed by atoms with Crippen molar-refractivity contribution in [1.29, 1.82) is 0 Å². The Morgan fingerprint density at radius 2 is 2.35 bits per heavy atom. The minimum absolute atomic E-state index is 0.103. The summed E-state index contributed by atoms with van der Waals surface area (Å²) < 4.78 is 0. The van der Waals surface area contributed by atoms with Gasteiger partial charge in [-0.15, -0.1) is 0 Å². The van der Waals surface area contributed by atoms with E-state index in [9.17, 15) is 9.90 Å². The van der Waals surface area contributed by atoms with Crippen LogP contribution in [-0.2, 0) is 0 Å². The third kappa shape index (κ3) is 2.96. The number of carbonyl (C=O) groups is 1. The summed E-state index contributed by atoms with van der Waals surface area (Å²) in [5, 5.41) is 12.7. The van der Waals surface area contributed by atoms with Crippen LogP contribution >= 0.6 is 11.6 Å². The lowest BCUT2D eigenvalue weighted by Crippen LogP contribution is -2.37. The predicted molar refractivity (Wildman–Crippen MR) is 79.4 cm³/mol. The molecule has 1 amide bonds. The van der Waals surface area contributed by atoms with Gasteiger partial charge in [-0.2, -0.15) is 0 Å². The second-order valence-electron chi connectivity index (χ2n) is 4.45. The number of likely N-dealkylation sites (N-methyl/N-ethyl adjacent to an activating group) is 1. The highest BCUT2D eigenvalue weighted by Crippen LogP contribution is 2.27. The number of amides is 1. The summed E-state index contributed by atoms with van der Waals surface area (Å²) in [5.41, 5.74) is 5.89. The Labute approximate surface area is 122 Å². The van der Waals surface area contributed by atoms with Crippen LogP contribution < -0.4 is 11.1 Å². The highest BCUT2D eigenvalue weighted by Gasteiger charge is 2.18. The van der Waals surface area contributed by atoms with Crippen LogP contribution in [0.2, 0.25) is 5.02 Å². The third-order valence-corrected chi connectivity index (χ3v) is 3.51. The van der Waals surface area contributed by atoms with Gasteiger partial charge in [0.1, 0.15) is 11.6 Å². The van der Waals surface area contributed by atoms with Crippen molar-refractivity contribution in [2.24, 2.45) is 4.99 Å². The van der Waals surface area contributed by atoms with Gasteiger partial charge in [0.05, 0.1) is 29.4 Å². The zero-order valence-corrected chi connectivity index (χ0v) is 11.9. The predicted octanol–water partition coefficient (Wildman–Crippen LogP) is 1.09. The van der Waals surface area contributed by atoms with Crippen molar-refractivity contribution in [2.75, 3.05) is 31.9 Å². The van der Waals surface area contributed by atoms with E-state index in [-0.39, 0.29) is 22.0 Å². The first-order chi connectivity index (χ1) is 9.52. The lowest BCUT2D eigenvalue weighted by atomic mass is 10.1. The monoisotopic (exact) mass is 296 g/mol. The summed E-state index contributed by atoms with van der Waals surface area (Å²) in [5.74, 6) is 0.252. The number of nitrogens with two attached hydrogens (primary N) is 1. The summed E-state index contributed by atoms with van der Waals surface area (Å²) in [6, 6.07) is 2.62. The Balaban J connectivity index is 2.04. The second kappa shape index (κ2) is 6.00. The Kier molecular flexibility index (Phi) is 4.34. The fourth-order valence-electron chi connectivity index (χ4n) is 2.05. The largest absolute Gasteiger partial charge is 0.507 e. The fourth-order valence-corrected chi connectivity index (χ4v) is 2.22. The number of nitrogens with one attached hydrogen (secondary N) is 1. The zero-order valence-electron chi connectivity index (χ0n) is 11.2. The van der Waals surface area contributed by atoms with Crippen LogP contribution in [0.15, 0.2) is 17.1 Å². The van der Waals surface area contributed by atoms with Crippen molar-refractivity contribution >= 4 is 29.0 Å². The lowest BCUT2D eigenvalue weighted by molar-refractivity contribution is 0.0956. The normalized spacial score (nSPS) is 14.3. The molecule has 2 rings (SSSR count). The van der Waals surface area contributed by atoms with Gasteiger partial charge in [-0.05, 0) is 13.0 Å². The number of nitrogen functional groups attached to an aromatic ring is 1. The Bertz CT molecular complexity index is 560. The standard InChI is InChI=1S/C13H17ClN4O2/c1-2-18-4-3-16-12(18)7-17-13(20)8-5-9(14)10(15)6-11(8)19/h5-6,19H,2-4,7,15H2,1H3,(H,17,20). The van der Waals surface area contributed by atoms with Crippen LogP contribution in [0, 0.1) is 0 Å². The Morgan fingerprint density at radius 1 is 1.60 bits per heavy atom. The number of nitrogens with zero attached hydrogens (tertiary/aromatic N) is 2. The summed E-state index contributed by atoms with van der Waals surface area (Å²) in [4.78, 5) is 18.5. The minimum atomic E-state index is -0.407. The van der Waals surface area contributed by atoms with E-state index in [1.165, 1.54) is 12.1 Å². The first kappa shape index (κ1) is 14.5. The summed E-state index contributed by atoms with van der Waals surface area (Å²) >= 11 is 5.85. The number of aromatic hydroxyl groups is 1. The number of aliphatic imine (C=N–C) groups is 1. The van der Waals surface area contributed by atoms with E-state index in [0.29, 0.717) is 6.54 Å². The number of amidine groups is 1. The van der Waals surface area contributed by atoms with Crippen LogP contribution in [-0.4, -0.2) is 47.9 Å². The molecule has 0 fully saturated rings. The molecular formula is C13H17ClN4O2. The molecule has 4 N–H and O–H groups in total. The van der Waals surface area contributed by atoms with Gasteiger partial charge in [0, 0.05) is 19.2 Å². The second-order valence-corrected chi connectivity index (χ2v) is 4.86. The molecule has 1 aliphatic rings. The maximum Gasteiger partial charge on any atom is 0.255 e. The quantitative estimate of drug-likeness (QED) is 0.726. The zero-order chi connectivity index (χ0) is 14.7. The van der Waals surface area contributed by atoms with Crippen LogP contribution in [0.3, 0.4) is 0 Å². The molecule has 0 unspecified atom stereocenters. The molecule has 20 heavy (non-hydrogen) atoms. The third-order valence-electron chi connectivity index (χ3n) is 3.18. The van der Waals surface area contributed by atoms with Gasteiger partial charge in [0.25, 0.3) is 5.91 Å². The number of benzene rings is 1. The first-order valence-corrected chi connectivity index (χ1v) is 6.75. The van der Waals surface area contributed by atoms with E-state index in [2.05, 4.69) is 15.2 Å². The molecule has 0 aliphatic carbocycles. The van der Waals surface area contributed by atoms with Crippen molar-refractivity contribution in [2.45, 2.75) is 6.92 Å². The molecule has 6 nitrogen and oxygen atoms in total. The fraction of sp³-hybridized carbons (Fsp3) is 0.385. The molecule has 0 saturated carbocycles. The van der Waals surface area contributed by atoms with Crippen molar-refractivity contribution in [3.8, 4) is 5.75 Å². The number of rotatable bonds is 4. The average Bonchev–Trinajstić information content (AvgIpc) is 2.87. The van der Waals surface area contributed by atoms with Gasteiger partial charge in [0.15, 0.2) is 0 Å². The van der Waals surface area contributed by atoms with E-state index in [0.717, 1.165) is 25.5 Å². The molecule has 108 valence electrons. The molecule has 1 aromatic rings. The average molecular weight is 297 g/mol. The highest BCUT2D eigenvalue weighted by atomic mass is 35.5. The Morgan fingerprint density at radius 3 is 3.05 bits per heavy atom. The summed E-state index contributed by atoms with van der Waals surface area (Å²) in [6.45, 7) is 4.84. The number of phenols is 1. The molecule has 7 heteroatoms. The molecule has 0 saturated heterocycles. The van der Waals surface area contributed by atoms with Gasteiger partial charge in [0.2, 0.25) is 0 Å². The number of halogens is 1. The molecular weight excluding hydrogens is 280 g/mol. The molecule has 1 heterocycles. The van der Waals surface area contributed by atoms with Crippen LogP contribution in [0.1, 0.15) is 17.3 Å². The van der Waals surface area contributed by atoms with Gasteiger partial charge < -0.3 is 21.1 Å². The van der Waals surface area contributed by atoms with Crippen molar-refractivity contribution in [1.82, 2.24) is 10.2 Å². The maximum atomic E-state index is 12.0. The van der Waals surface area contributed by atoms with Gasteiger partial charge >= 0.3 is 0 Å². The molecule has 1 aliphatic heterocycles. The molecule has 1 aromatic carbocycles. The van der Waals surface area contributed by atoms with Gasteiger partial charge in [-0.1, -0.05) is 11.6 Å². The maximum absolute atomic E-state index is 12.0. The van der Waals surface area contributed by atoms with Crippen molar-refractivity contribution in [3.05, 3.63) is 22.7 Å². The molecule has 0 bridgehead atoms. The smallest absolute Gasteiger partial charge is 0.255 e. The van der Waals surface area contributed by atoms with E-state index in [1.54, 1.807) is 0 Å². The summed E-state index contributed by atoms with van der Waals surface area (Å²) in [7, 11) is 0. The lowest BCUT2D eigenvalue weighted by Gasteiger charge is -2.18.